The molecule has 0 aliphatic heterocycles. The summed E-state index contributed by atoms with van der Waals surface area (Å²) in [6, 6.07) is 2.55. The number of nitrogens with one attached hydrogen (secondary N) is 1. The number of aryl methyl sites for hydroxylation is 1. The van der Waals surface area contributed by atoms with Crippen molar-refractivity contribution in [2.24, 2.45) is 5.92 Å². The van der Waals surface area contributed by atoms with Gasteiger partial charge in [0.1, 0.15) is 12.1 Å². The number of hydrogen-bond donors (Lipinski definition) is 1. The van der Waals surface area contributed by atoms with Crippen LogP contribution in [0.2, 0.25) is 0 Å². The van der Waals surface area contributed by atoms with E-state index in [4.69, 9.17) is 0 Å². The highest BCUT2D eigenvalue weighted by Gasteiger charge is 2.11. The lowest BCUT2D eigenvalue weighted by atomic mass is 10.0. The zero-order valence-corrected chi connectivity index (χ0v) is 10.8. The average molecular weight is 221 g/mol. The molecular formula is C13H23N3. The molecule has 3 nitrogen and oxygen atoms in total. The van der Waals surface area contributed by atoms with Gasteiger partial charge >= 0.3 is 0 Å². The first kappa shape index (κ1) is 12.9. The van der Waals surface area contributed by atoms with Crippen molar-refractivity contribution in [3.8, 4) is 0 Å². The SMILES string of the molecule is CCCc1cc(NC(CC)C(C)C)ncn1. The van der Waals surface area contributed by atoms with Gasteiger partial charge in [-0.25, -0.2) is 9.97 Å². The Morgan fingerprint density at radius 1 is 1.25 bits per heavy atom. The number of hydrogen-bond acceptors (Lipinski definition) is 3. The second-order valence-electron chi connectivity index (χ2n) is 4.55. The molecule has 0 radical (unpaired) electrons. The van der Waals surface area contributed by atoms with E-state index >= 15 is 0 Å². The number of aromatic nitrogens is 2. The highest BCUT2D eigenvalue weighted by atomic mass is 15.0. The maximum Gasteiger partial charge on any atom is 0.129 e. The molecule has 0 aliphatic carbocycles. The van der Waals surface area contributed by atoms with E-state index in [9.17, 15) is 0 Å². The third kappa shape index (κ3) is 3.80. The number of rotatable bonds is 6. The lowest BCUT2D eigenvalue weighted by Gasteiger charge is -2.21. The van der Waals surface area contributed by atoms with Gasteiger partial charge in [-0.05, 0) is 18.8 Å². The van der Waals surface area contributed by atoms with E-state index in [0.717, 1.165) is 30.8 Å². The Morgan fingerprint density at radius 3 is 2.56 bits per heavy atom. The van der Waals surface area contributed by atoms with E-state index in [1.165, 1.54) is 0 Å². The van der Waals surface area contributed by atoms with Crippen LogP contribution in [0.5, 0.6) is 0 Å². The molecule has 1 unspecified atom stereocenters. The average Bonchev–Trinajstić information content (AvgIpc) is 2.26. The van der Waals surface area contributed by atoms with Crippen molar-refractivity contribution in [2.45, 2.75) is 53.0 Å². The van der Waals surface area contributed by atoms with Crippen LogP contribution in [0, 0.1) is 5.92 Å². The molecule has 3 heteroatoms. The Bertz CT molecular complexity index is 310. The summed E-state index contributed by atoms with van der Waals surface area (Å²) in [6.07, 6.45) is 4.92. The molecule has 16 heavy (non-hydrogen) atoms. The molecule has 1 atom stereocenters. The topological polar surface area (TPSA) is 37.8 Å². The van der Waals surface area contributed by atoms with Gasteiger partial charge in [0, 0.05) is 17.8 Å². The summed E-state index contributed by atoms with van der Waals surface area (Å²) in [4.78, 5) is 8.53. The largest absolute Gasteiger partial charge is 0.367 e. The van der Waals surface area contributed by atoms with Crippen LogP contribution in [-0.2, 0) is 6.42 Å². The van der Waals surface area contributed by atoms with Gasteiger partial charge in [-0.3, -0.25) is 0 Å². The van der Waals surface area contributed by atoms with Crippen LogP contribution in [0.1, 0.15) is 46.2 Å². The molecule has 1 heterocycles. The monoisotopic (exact) mass is 221 g/mol. The third-order valence-electron chi connectivity index (χ3n) is 2.81. The van der Waals surface area contributed by atoms with Crippen LogP contribution in [0.3, 0.4) is 0 Å². The number of anilines is 1. The summed E-state index contributed by atoms with van der Waals surface area (Å²) in [5.41, 5.74) is 1.12. The molecule has 1 rings (SSSR count). The van der Waals surface area contributed by atoms with E-state index in [0.29, 0.717) is 12.0 Å². The van der Waals surface area contributed by atoms with E-state index in [2.05, 4.69) is 49.0 Å². The Labute approximate surface area is 98.7 Å². The quantitative estimate of drug-likeness (QED) is 0.801. The Kier molecular flexibility index (Phi) is 5.23. The zero-order chi connectivity index (χ0) is 12.0. The molecule has 0 saturated carbocycles. The summed E-state index contributed by atoms with van der Waals surface area (Å²) in [5, 5.41) is 3.48. The molecule has 0 spiro atoms. The van der Waals surface area contributed by atoms with Crippen LogP contribution >= 0.6 is 0 Å². The summed E-state index contributed by atoms with van der Waals surface area (Å²) >= 11 is 0. The minimum Gasteiger partial charge on any atom is -0.367 e. The third-order valence-corrected chi connectivity index (χ3v) is 2.81. The first-order valence-electron chi connectivity index (χ1n) is 6.24. The molecule has 0 aromatic carbocycles. The summed E-state index contributed by atoms with van der Waals surface area (Å²) in [7, 11) is 0. The van der Waals surface area contributed by atoms with Crippen molar-refractivity contribution in [1.82, 2.24) is 9.97 Å². The molecule has 1 aromatic rings. The standard InChI is InChI=1S/C13H23N3/c1-5-7-11-8-13(15-9-14-11)16-12(6-2)10(3)4/h8-10,12H,5-7H2,1-4H3,(H,14,15,16). The first-order chi connectivity index (χ1) is 7.67. The molecule has 0 bridgehead atoms. The van der Waals surface area contributed by atoms with Gasteiger partial charge < -0.3 is 5.32 Å². The van der Waals surface area contributed by atoms with Gasteiger partial charge in [-0.15, -0.1) is 0 Å². The predicted octanol–water partition coefficient (Wildman–Crippen LogP) is 3.28. The van der Waals surface area contributed by atoms with Crippen LogP contribution < -0.4 is 5.32 Å². The minimum absolute atomic E-state index is 0.490. The van der Waals surface area contributed by atoms with Gasteiger partial charge in [-0.1, -0.05) is 34.1 Å². The maximum atomic E-state index is 4.27. The van der Waals surface area contributed by atoms with Gasteiger partial charge in [0.15, 0.2) is 0 Å². The van der Waals surface area contributed by atoms with Crippen LogP contribution in [0.15, 0.2) is 12.4 Å². The van der Waals surface area contributed by atoms with E-state index in [1.807, 2.05) is 0 Å². The lowest BCUT2D eigenvalue weighted by Crippen LogP contribution is -2.25. The highest BCUT2D eigenvalue weighted by Crippen LogP contribution is 2.13. The lowest BCUT2D eigenvalue weighted by molar-refractivity contribution is 0.509. The zero-order valence-electron chi connectivity index (χ0n) is 10.8. The molecule has 0 saturated heterocycles. The first-order valence-corrected chi connectivity index (χ1v) is 6.24. The van der Waals surface area contributed by atoms with Gasteiger partial charge in [0.05, 0.1) is 0 Å². The van der Waals surface area contributed by atoms with Crippen molar-refractivity contribution in [3.05, 3.63) is 18.1 Å². The van der Waals surface area contributed by atoms with Crippen LogP contribution in [0.25, 0.3) is 0 Å². The maximum absolute atomic E-state index is 4.27. The molecule has 0 aliphatic rings. The normalized spacial score (nSPS) is 12.8. The fourth-order valence-electron chi connectivity index (χ4n) is 1.80. The van der Waals surface area contributed by atoms with Gasteiger partial charge in [-0.2, -0.15) is 0 Å². The second-order valence-corrected chi connectivity index (χ2v) is 4.55. The van der Waals surface area contributed by atoms with E-state index in [-0.39, 0.29) is 0 Å². The van der Waals surface area contributed by atoms with Crippen LogP contribution in [-0.4, -0.2) is 16.0 Å². The van der Waals surface area contributed by atoms with E-state index in [1.54, 1.807) is 6.33 Å². The molecule has 1 aromatic heterocycles. The summed E-state index contributed by atoms with van der Waals surface area (Å²) in [5.74, 6) is 1.58. The predicted molar refractivity (Wildman–Crippen MR) is 68.6 cm³/mol. The van der Waals surface area contributed by atoms with Crippen molar-refractivity contribution in [1.29, 1.82) is 0 Å². The number of nitrogens with zero attached hydrogens (tertiary/aromatic N) is 2. The second kappa shape index (κ2) is 6.46. The fourth-order valence-corrected chi connectivity index (χ4v) is 1.80. The van der Waals surface area contributed by atoms with Gasteiger partial charge in [0.2, 0.25) is 0 Å². The van der Waals surface area contributed by atoms with Gasteiger partial charge in [0.25, 0.3) is 0 Å². The highest BCUT2D eigenvalue weighted by molar-refractivity contribution is 5.36. The van der Waals surface area contributed by atoms with Crippen molar-refractivity contribution < 1.29 is 0 Å². The van der Waals surface area contributed by atoms with Crippen molar-refractivity contribution >= 4 is 5.82 Å². The Morgan fingerprint density at radius 2 is 2.00 bits per heavy atom. The van der Waals surface area contributed by atoms with Crippen molar-refractivity contribution in [2.75, 3.05) is 5.32 Å². The summed E-state index contributed by atoms with van der Waals surface area (Å²) in [6.45, 7) is 8.83. The molecule has 90 valence electrons. The fraction of sp³-hybridized carbons (Fsp3) is 0.692. The molecule has 0 amide bonds. The molecule has 1 N–H and O–H groups in total. The van der Waals surface area contributed by atoms with E-state index < -0.39 is 0 Å². The minimum atomic E-state index is 0.490. The molecule has 0 fully saturated rings. The molecular weight excluding hydrogens is 198 g/mol. The Balaban J connectivity index is 2.68. The summed E-state index contributed by atoms with van der Waals surface area (Å²) < 4.78 is 0. The van der Waals surface area contributed by atoms with Crippen molar-refractivity contribution in [3.63, 3.8) is 0 Å². The smallest absolute Gasteiger partial charge is 0.129 e. The Hall–Kier alpha value is -1.12. The van der Waals surface area contributed by atoms with Crippen LogP contribution in [0.4, 0.5) is 5.82 Å².